The fourth-order valence-corrected chi connectivity index (χ4v) is 1.24. The van der Waals surface area contributed by atoms with Crippen molar-refractivity contribution in [3.05, 3.63) is 12.2 Å². The van der Waals surface area contributed by atoms with Crippen LogP contribution >= 0.6 is 0 Å². The van der Waals surface area contributed by atoms with Gasteiger partial charge in [-0.25, -0.2) is 9.59 Å². The zero-order chi connectivity index (χ0) is 12.2. The fraction of sp³-hybridized carbons (Fsp3) is 0.667. The average Bonchev–Trinajstić information content (AvgIpc) is 2.25. The van der Waals surface area contributed by atoms with E-state index in [-0.39, 0.29) is 23.9 Å². The molecule has 0 aliphatic carbocycles. The van der Waals surface area contributed by atoms with Gasteiger partial charge in [0.1, 0.15) is 0 Å². The van der Waals surface area contributed by atoms with Crippen molar-refractivity contribution in [1.82, 2.24) is 0 Å². The molecule has 0 saturated carbocycles. The molecule has 100 valence electrons. The number of carboxylic acids is 1. The average molecular weight is 351 g/mol. The second-order valence-electron chi connectivity index (χ2n) is 3.61. The van der Waals surface area contributed by atoms with Gasteiger partial charge in [0.2, 0.25) is 0 Å². The summed E-state index contributed by atoms with van der Waals surface area (Å²) >= 11 is 0. The van der Waals surface area contributed by atoms with Gasteiger partial charge in [-0.05, 0) is 6.42 Å². The van der Waals surface area contributed by atoms with Crippen LogP contribution in [0.4, 0.5) is 0 Å². The summed E-state index contributed by atoms with van der Waals surface area (Å²) < 4.78 is 4.81. The van der Waals surface area contributed by atoms with Gasteiger partial charge in [0.05, 0.1) is 6.61 Å². The number of carboxylic acid groups (broad SMARTS) is 1. The zero-order valence-electron chi connectivity index (χ0n) is 9.78. The number of esters is 1. The van der Waals surface area contributed by atoms with E-state index in [1.807, 2.05) is 0 Å². The van der Waals surface area contributed by atoms with Crippen molar-refractivity contribution in [3.8, 4) is 0 Å². The molecule has 4 nitrogen and oxygen atoms in total. The summed E-state index contributed by atoms with van der Waals surface area (Å²) in [7, 11) is 0. The number of hydrogen-bond donors (Lipinski definition) is 1. The van der Waals surface area contributed by atoms with Crippen LogP contribution in [-0.4, -0.2) is 47.6 Å². The summed E-state index contributed by atoms with van der Waals surface area (Å²) in [5.41, 5.74) is 0. The molecule has 0 aliphatic heterocycles. The van der Waals surface area contributed by atoms with Gasteiger partial charge in [0.25, 0.3) is 0 Å². The first kappa shape index (κ1) is 18.8. The zero-order valence-corrected chi connectivity index (χ0v) is 9.78. The second-order valence-corrected chi connectivity index (χ2v) is 3.61. The number of ether oxygens (including phenoxy) is 1. The van der Waals surface area contributed by atoms with Crippen LogP contribution in [0.3, 0.4) is 0 Å². The van der Waals surface area contributed by atoms with Crippen molar-refractivity contribution in [3.63, 3.8) is 0 Å². The summed E-state index contributed by atoms with van der Waals surface area (Å²) in [4.78, 5) is 21.0. The second kappa shape index (κ2) is 13.5. The van der Waals surface area contributed by atoms with Crippen LogP contribution < -0.4 is 0 Å². The molecule has 1 N–H and O–H groups in total. The molecule has 0 unspecified atom stereocenters. The Labute approximate surface area is 119 Å². The molecule has 0 aliphatic rings. The summed E-state index contributed by atoms with van der Waals surface area (Å²) in [5, 5.41) is 8.26. The predicted molar refractivity (Wildman–Crippen MR) is 72.4 cm³/mol. The fourth-order valence-electron chi connectivity index (χ4n) is 1.24. The molecule has 0 aromatic carbocycles. The van der Waals surface area contributed by atoms with E-state index in [2.05, 4.69) is 6.92 Å². The molecular weight excluding hydrogens is 327 g/mol. The molecule has 0 fully saturated rings. The SMILES string of the molecule is CCCCCCCCOC(=O)/C=C\C(=O)O.[SnH4]. The number of rotatable bonds is 9. The molecule has 0 radical (unpaired) electrons. The predicted octanol–water partition coefficient (Wildman–Crippen LogP) is 1.08. The third kappa shape index (κ3) is 15.5. The van der Waals surface area contributed by atoms with E-state index in [1.165, 1.54) is 19.3 Å². The Bertz CT molecular complexity index is 239. The van der Waals surface area contributed by atoms with E-state index in [0.717, 1.165) is 31.4 Å². The van der Waals surface area contributed by atoms with Crippen molar-refractivity contribution >= 4 is 35.8 Å². The monoisotopic (exact) mass is 352 g/mol. The molecule has 0 spiro atoms. The minimum absolute atomic E-state index is 0. The van der Waals surface area contributed by atoms with Crippen molar-refractivity contribution in [1.29, 1.82) is 0 Å². The summed E-state index contributed by atoms with van der Waals surface area (Å²) in [6, 6.07) is 0. The molecule has 0 bridgehead atoms. The van der Waals surface area contributed by atoms with E-state index >= 15 is 0 Å². The van der Waals surface area contributed by atoms with Crippen molar-refractivity contribution < 1.29 is 19.4 Å². The van der Waals surface area contributed by atoms with E-state index in [0.29, 0.717) is 6.61 Å². The number of hydrogen-bond acceptors (Lipinski definition) is 3. The number of unbranched alkanes of at least 4 members (excludes halogenated alkanes) is 5. The van der Waals surface area contributed by atoms with Gasteiger partial charge in [-0.2, -0.15) is 0 Å². The van der Waals surface area contributed by atoms with Crippen molar-refractivity contribution in [2.45, 2.75) is 45.4 Å². The molecule has 5 heteroatoms. The molecular formula is C12H24O4Sn. The van der Waals surface area contributed by atoms with Gasteiger partial charge < -0.3 is 9.84 Å². The van der Waals surface area contributed by atoms with E-state index in [4.69, 9.17) is 9.84 Å². The molecule has 0 rings (SSSR count). The van der Waals surface area contributed by atoms with E-state index in [9.17, 15) is 9.59 Å². The molecule has 17 heavy (non-hydrogen) atoms. The molecule has 0 aromatic heterocycles. The Morgan fingerprint density at radius 2 is 1.65 bits per heavy atom. The number of aliphatic carboxylic acids is 1. The third-order valence-corrected chi connectivity index (χ3v) is 2.10. The van der Waals surface area contributed by atoms with Crippen LogP contribution in [0, 0.1) is 0 Å². The quantitative estimate of drug-likeness (QED) is 0.292. The van der Waals surface area contributed by atoms with Gasteiger partial charge in [0, 0.05) is 12.2 Å². The topological polar surface area (TPSA) is 63.6 Å². The Morgan fingerprint density at radius 3 is 2.24 bits per heavy atom. The molecule has 0 saturated heterocycles. The summed E-state index contributed by atoms with van der Waals surface area (Å²) in [6.45, 7) is 2.53. The Balaban J connectivity index is 0. The van der Waals surface area contributed by atoms with Crippen molar-refractivity contribution in [2.24, 2.45) is 0 Å². The third-order valence-electron chi connectivity index (χ3n) is 2.10. The van der Waals surface area contributed by atoms with Crippen molar-refractivity contribution in [2.75, 3.05) is 6.61 Å². The van der Waals surface area contributed by atoms with Crippen LogP contribution in [0.1, 0.15) is 45.4 Å². The number of carbonyl (C=O) groups excluding carboxylic acids is 1. The normalized spacial score (nSPS) is 9.94. The van der Waals surface area contributed by atoms with Crippen LogP contribution in [-0.2, 0) is 14.3 Å². The Kier molecular flexibility index (Phi) is 15.0. The van der Waals surface area contributed by atoms with E-state index in [1.54, 1.807) is 0 Å². The van der Waals surface area contributed by atoms with Crippen LogP contribution in [0.15, 0.2) is 12.2 Å². The first-order valence-corrected chi connectivity index (χ1v) is 5.74. The van der Waals surface area contributed by atoms with Gasteiger partial charge in [-0.15, -0.1) is 0 Å². The first-order chi connectivity index (χ1) is 7.66. The van der Waals surface area contributed by atoms with Gasteiger partial charge in [0.15, 0.2) is 0 Å². The first-order valence-electron chi connectivity index (χ1n) is 5.74. The summed E-state index contributed by atoms with van der Waals surface area (Å²) in [5.74, 6) is -1.73. The van der Waals surface area contributed by atoms with E-state index < -0.39 is 11.9 Å². The minimum atomic E-state index is -1.14. The van der Waals surface area contributed by atoms with Crippen LogP contribution in [0.2, 0.25) is 0 Å². The van der Waals surface area contributed by atoms with Gasteiger partial charge in [-0.1, -0.05) is 39.0 Å². The number of carbonyl (C=O) groups is 2. The van der Waals surface area contributed by atoms with Gasteiger partial charge >= 0.3 is 35.8 Å². The molecule has 0 atom stereocenters. The molecule has 0 heterocycles. The Hall–Kier alpha value is -0.521. The maximum atomic E-state index is 10.9. The van der Waals surface area contributed by atoms with Crippen LogP contribution in [0.5, 0.6) is 0 Å². The molecule has 0 aromatic rings. The Morgan fingerprint density at radius 1 is 1.06 bits per heavy atom. The molecule has 0 amide bonds. The standard InChI is InChI=1S/C12H20O4.Sn.4H/c1-2-3-4-5-6-7-10-16-12(15)9-8-11(13)14;;;;;/h8-9H,2-7,10H2,1H3,(H,13,14);;;;;/b9-8-;;;;;. The maximum absolute atomic E-state index is 10.9. The van der Waals surface area contributed by atoms with Crippen LogP contribution in [0.25, 0.3) is 0 Å². The summed E-state index contributed by atoms with van der Waals surface area (Å²) in [6.07, 6.45) is 8.46. The van der Waals surface area contributed by atoms with Gasteiger partial charge in [-0.3, -0.25) is 0 Å².